The Kier molecular flexibility index (Phi) is 6.90. The van der Waals surface area contributed by atoms with Crippen molar-refractivity contribution in [3.8, 4) is 11.5 Å². The van der Waals surface area contributed by atoms with Crippen LogP contribution in [0.5, 0.6) is 11.5 Å². The van der Waals surface area contributed by atoms with Crippen LogP contribution in [0.25, 0.3) is 0 Å². The first kappa shape index (κ1) is 20.4. The Morgan fingerprint density at radius 2 is 1.89 bits per heavy atom. The van der Waals surface area contributed by atoms with Gasteiger partial charge in [0.25, 0.3) is 11.6 Å². The lowest BCUT2D eigenvalue weighted by Gasteiger charge is -2.22. The van der Waals surface area contributed by atoms with Crippen LogP contribution in [-0.4, -0.2) is 35.4 Å². The number of nitro benzene ring substituents is 1. The zero-order valence-corrected chi connectivity index (χ0v) is 15.8. The SMILES string of the molecule is CC(C)C(N)CCN(C)C(=O)c1cc([N+](=O)[O-])ccc1Oc1ccccc1. The van der Waals surface area contributed by atoms with Crippen LogP contribution >= 0.6 is 0 Å². The molecule has 2 rings (SSSR count). The van der Waals surface area contributed by atoms with E-state index in [-0.39, 0.29) is 28.9 Å². The summed E-state index contributed by atoms with van der Waals surface area (Å²) in [6.07, 6.45) is 0.643. The molecule has 7 nitrogen and oxygen atoms in total. The second kappa shape index (κ2) is 9.14. The molecule has 0 saturated carbocycles. The molecular formula is C20H25N3O4. The third-order valence-electron chi connectivity index (χ3n) is 4.38. The Hall–Kier alpha value is -2.93. The smallest absolute Gasteiger partial charge is 0.270 e. The average Bonchev–Trinajstić information content (AvgIpc) is 2.66. The first-order valence-electron chi connectivity index (χ1n) is 8.82. The van der Waals surface area contributed by atoms with Crippen LogP contribution in [-0.2, 0) is 0 Å². The molecule has 0 aromatic heterocycles. The quantitative estimate of drug-likeness (QED) is 0.561. The molecule has 2 N–H and O–H groups in total. The first-order valence-corrected chi connectivity index (χ1v) is 8.82. The number of carbonyl (C=O) groups excluding carboxylic acids is 1. The molecule has 0 aliphatic heterocycles. The second-order valence-corrected chi connectivity index (χ2v) is 6.78. The molecule has 144 valence electrons. The van der Waals surface area contributed by atoms with E-state index < -0.39 is 4.92 Å². The van der Waals surface area contributed by atoms with Crippen LogP contribution in [0.1, 0.15) is 30.6 Å². The molecule has 1 amide bonds. The van der Waals surface area contributed by atoms with Gasteiger partial charge in [0.05, 0.1) is 10.5 Å². The van der Waals surface area contributed by atoms with Gasteiger partial charge >= 0.3 is 0 Å². The summed E-state index contributed by atoms with van der Waals surface area (Å²) < 4.78 is 5.78. The van der Waals surface area contributed by atoms with Gasteiger partial charge in [-0.05, 0) is 30.5 Å². The lowest BCUT2D eigenvalue weighted by atomic mass is 10.0. The highest BCUT2D eigenvalue weighted by atomic mass is 16.6. The molecule has 2 aromatic carbocycles. The summed E-state index contributed by atoms with van der Waals surface area (Å²) in [5, 5.41) is 11.1. The van der Waals surface area contributed by atoms with Gasteiger partial charge in [0.15, 0.2) is 0 Å². The van der Waals surface area contributed by atoms with Crippen LogP contribution in [0.4, 0.5) is 5.69 Å². The van der Waals surface area contributed by atoms with Crippen molar-refractivity contribution in [2.75, 3.05) is 13.6 Å². The summed E-state index contributed by atoms with van der Waals surface area (Å²) >= 11 is 0. The third-order valence-corrected chi connectivity index (χ3v) is 4.38. The molecule has 0 bridgehead atoms. The highest BCUT2D eigenvalue weighted by molar-refractivity contribution is 5.97. The van der Waals surface area contributed by atoms with E-state index in [2.05, 4.69) is 0 Å². The van der Waals surface area contributed by atoms with Crippen LogP contribution in [0.2, 0.25) is 0 Å². The molecule has 1 unspecified atom stereocenters. The number of para-hydroxylation sites is 1. The Bertz CT molecular complexity index is 793. The fraction of sp³-hybridized carbons (Fsp3) is 0.350. The van der Waals surface area contributed by atoms with Gasteiger partial charge in [0, 0.05) is 31.8 Å². The molecule has 7 heteroatoms. The Balaban J connectivity index is 2.26. The van der Waals surface area contributed by atoms with Gasteiger partial charge in [0.1, 0.15) is 11.5 Å². The Labute approximate surface area is 158 Å². The number of benzene rings is 2. The molecule has 0 heterocycles. The van der Waals surface area contributed by atoms with Gasteiger partial charge in [-0.3, -0.25) is 14.9 Å². The van der Waals surface area contributed by atoms with Crippen molar-refractivity contribution < 1.29 is 14.5 Å². The van der Waals surface area contributed by atoms with Gasteiger partial charge in [-0.1, -0.05) is 32.0 Å². The predicted octanol–water partition coefficient (Wildman–Crippen LogP) is 3.83. The van der Waals surface area contributed by atoms with Crippen LogP contribution in [0.15, 0.2) is 48.5 Å². The number of ether oxygens (including phenoxy) is 1. The molecule has 27 heavy (non-hydrogen) atoms. The lowest BCUT2D eigenvalue weighted by Crippen LogP contribution is -2.34. The highest BCUT2D eigenvalue weighted by Gasteiger charge is 2.22. The van der Waals surface area contributed by atoms with E-state index >= 15 is 0 Å². The Morgan fingerprint density at radius 3 is 2.48 bits per heavy atom. The molecule has 0 spiro atoms. The van der Waals surface area contributed by atoms with Gasteiger partial charge in [-0.2, -0.15) is 0 Å². The molecule has 0 fully saturated rings. The van der Waals surface area contributed by atoms with Gasteiger partial charge < -0.3 is 15.4 Å². The number of amides is 1. The largest absolute Gasteiger partial charge is 0.457 e. The van der Waals surface area contributed by atoms with E-state index in [0.717, 1.165) is 0 Å². The molecule has 2 aromatic rings. The van der Waals surface area contributed by atoms with Gasteiger partial charge in [-0.15, -0.1) is 0 Å². The lowest BCUT2D eigenvalue weighted by molar-refractivity contribution is -0.384. The minimum absolute atomic E-state index is 0.0228. The zero-order valence-electron chi connectivity index (χ0n) is 15.8. The maximum Gasteiger partial charge on any atom is 0.270 e. The number of carbonyl (C=O) groups is 1. The number of hydrogen-bond donors (Lipinski definition) is 1. The normalized spacial score (nSPS) is 11.9. The fourth-order valence-corrected chi connectivity index (χ4v) is 2.49. The average molecular weight is 371 g/mol. The van der Waals surface area contributed by atoms with Crippen molar-refractivity contribution >= 4 is 11.6 Å². The van der Waals surface area contributed by atoms with E-state index in [4.69, 9.17) is 10.5 Å². The van der Waals surface area contributed by atoms with Crippen molar-refractivity contribution in [3.63, 3.8) is 0 Å². The van der Waals surface area contributed by atoms with Crippen molar-refractivity contribution in [2.24, 2.45) is 11.7 Å². The molecule has 0 saturated heterocycles. The summed E-state index contributed by atoms with van der Waals surface area (Å²) in [6.45, 7) is 4.50. The van der Waals surface area contributed by atoms with Gasteiger partial charge in [-0.25, -0.2) is 0 Å². The zero-order chi connectivity index (χ0) is 20.0. The number of non-ortho nitro benzene ring substituents is 1. The monoisotopic (exact) mass is 371 g/mol. The summed E-state index contributed by atoms with van der Waals surface area (Å²) in [5.74, 6) is 0.783. The second-order valence-electron chi connectivity index (χ2n) is 6.78. The topological polar surface area (TPSA) is 98.7 Å². The van der Waals surface area contributed by atoms with Crippen LogP contribution in [0.3, 0.4) is 0 Å². The van der Waals surface area contributed by atoms with E-state index in [1.54, 1.807) is 19.2 Å². The number of rotatable bonds is 8. The fourth-order valence-electron chi connectivity index (χ4n) is 2.49. The molecule has 0 aliphatic carbocycles. The van der Waals surface area contributed by atoms with E-state index in [0.29, 0.717) is 24.6 Å². The minimum atomic E-state index is -0.530. The summed E-state index contributed by atoms with van der Waals surface area (Å²) in [7, 11) is 1.65. The minimum Gasteiger partial charge on any atom is -0.457 e. The Morgan fingerprint density at radius 1 is 1.22 bits per heavy atom. The number of nitrogens with two attached hydrogens (primary N) is 1. The third kappa shape index (κ3) is 5.52. The van der Waals surface area contributed by atoms with E-state index in [9.17, 15) is 14.9 Å². The van der Waals surface area contributed by atoms with Crippen molar-refractivity contribution in [3.05, 3.63) is 64.2 Å². The predicted molar refractivity (Wildman–Crippen MR) is 104 cm³/mol. The van der Waals surface area contributed by atoms with Gasteiger partial charge in [0.2, 0.25) is 0 Å². The van der Waals surface area contributed by atoms with Crippen molar-refractivity contribution in [1.29, 1.82) is 0 Å². The maximum absolute atomic E-state index is 12.9. The molecule has 0 radical (unpaired) electrons. The van der Waals surface area contributed by atoms with Crippen molar-refractivity contribution in [1.82, 2.24) is 4.90 Å². The van der Waals surface area contributed by atoms with Crippen molar-refractivity contribution in [2.45, 2.75) is 26.3 Å². The van der Waals surface area contributed by atoms with E-state index in [1.807, 2.05) is 32.0 Å². The molecule has 1 atom stereocenters. The standard InChI is InChI=1S/C20H25N3O4/c1-14(2)18(21)11-12-22(3)20(24)17-13-15(23(25)26)9-10-19(17)27-16-7-5-4-6-8-16/h4-10,13-14,18H,11-12,21H2,1-3H3. The number of nitrogens with zero attached hydrogens (tertiary/aromatic N) is 2. The van der Waals surface area contributed by atoms with Crippen LogP contribution < -0.4 is 10.5 Å². The molecular weight excluding hydrogens is 346 g/mol. The molecule has 0 aliphatic rings. The van der Waals surface area contributed by atoms with Crippen LogP contribution in [0, 0.1) is 16.0 Å². The summed E-state index contributed by atoms with van der Waals surface area (Å²) in [4.78, 5) is 25.0. The number of nitro groups is 1. The summed E-state index contributed by atoms with van der Waals surface area (Å²) in [5.41, 5.74) is 6.03. The highest BCUT2D eigenvalue weighted by Crippen LogP contribution is 2.29. The number of hydrogen-bond acceptors (Lipinski definition) is 5. The van der Waals surface area contributed by atoms with E-state index in [1.165, 1.54) is 23.1 Å². The summed E-state index contributed by atoms with van der Waals surface area (Å²) in [6, 6.07) is 13.0. The maximum atomic E-state index is 12.9. The first-order chi connectivity index (χ1) is 12.8.